The van der Waals surface area contributed by atoms with Gasteiger partial charge in [-0.05, 0) is 35.7 Å². The van der Waals surface area contributed by atoms with Crippen molar-refractivity contribution in [3.8, 4) is 5.69 Å². The molecule has 1 fully saturated rings. The van der Waals surface area contributed by atoms with E-state index in [1.807, 2.05) is 16.3 Å². The van der Waals surface area contributed by atoms with Crippen LogP contribution in [0.1, 0.15) is 23.5 Å². The highest BCUT2D eigenvalue weighted by molar-refractivity contribution is 7.12. The monoisotopic (exact) mass is 336 g/mol. The average Bonchev–Trinajstić information content (AvgIpc) is 3.16. The smallest absolute Gasteiger partial charge is 0.266 e. The topological polar surface area (TPSA) is 87.4 Å². The number of aromatic nitrogens is 4. The highest BCUT2D eigenvalue weighted by atomic mass is 32.1. The Morgan fingerprint density at radius 3 is 2.70 bits per heavy atom. The van der Waals surface area contributed by atoms with Gasteiger partial charge in [0, 0.05) is 32.7 Å². The van der Waals surface area contributed by atoms with E-state index in [2.05, 4.69) is 20.4 Å². The van der Waals surface area contributed by atoms with Crippen LogP contribution >= 0.6 is 11.3 Å². The van der Waals surface area contributed by atoms with Crippen molar-refractivity contribution in [2.75, 3.05) is 32.7 Å². The number of β-amino-alcohol motifs (C(OH)–C–C–N with tert-alkyl or cyclic N) is 1. The molecule has 3 heterocycles. The van der Waals surface area contributed by atoms with E-state index in [4.69, 9.17) is 0 Å². The zero-order valence-electron chi connectivity index (χ0n) is 13.2. The summed E-state index contributed by atoms with van der Waals surface area (Å²) >= 11 is 1.40. The minimum Gasteiger partial charge on any atom is -0.389 e. The summed E-state index contributed by atoms with van der Waals surface area (Å²) in [6.45, 7) is 7.06. The molecule has 9 heteroatoms. The van der Waals surface area contributed by atoms with Gasteiger partial charge < -0.3 is 10.0 Å². The van der Waals surface area contributed by atoms with Crippen LogP contribution in [0.25, 0.3) is 5.69 Å². The van der Waals surface area contributed by atoms with Crippen molar-refractivity contribution in [1.82, 2.24) is 30.0 Å². The molecule has 0 atom stereocenters. The van der Waals surface area contributed by atoms with E-state index in [0.29, 0.717) is 30.2 Å². The van der Waals surface area contributed by atoms with Gasteiger partial charge in [0.05, 0.1) is 11.3 Å². The van der Waals surface area contributed by atoms with Gasteiger partial charge in [-0.3, -0.25) is 9.69 Å². The molecule has 0 saturated carbocycles. The lowest BCUT2D eigenvalue weighted by atomic mass is 10.1. The Labute approximate surface area is 138 Å². The van der Waals surface area contributed by atoms with Gasteiger partial charge in [-0.2, -0.15) is 4.68 Å². The van der Waals surface area contributed by atoms with Crippen LogP contribution < -0.4 is 0 Å². The van der Waals surface area contributed by atoms with Crippen LogP contribution in [0.3, 0.4) is 0 Å². The summed E-state index contributed by atoms with van der Waals surface area (Å²) in [5, 5.41) is 22.9. The predicted molar refractivity (Wildman–Crippen MR) is 85.7 cm³/mol. The lowest BCUT2D eigenvalue weighted by Gasteiger charge is -2.37. The van der Waals surface area contributed by atoms with E-state index in [0.717, 1.165) is 13.1 Å². The number of amides is 1. The minimum absolute atomic E-state index is 0.00779. The Morgan fingerprint density at radius 1 is 1.35 bits per heavy atom. The summed E-state index contributed by atoms with van der Waals surface area (Å²) in [7, 11) is 0. The Hall–Kier alpha value is -1.84. The van der Waals surface area contributed by atoms with Crippen molar-refractivity contribution in [1.29, 1.82) is 0 Å². The fourth-order valence-corrected chi connectivity index (χ4v) is 3.56. The molecule has 23 heavy (non-hydrogen) atoms. The quantitative estimate of drug-likeness (QED) is 0.861. The highest BCUT2D eigenvalue weighted by Gasteiger charge is 2.27. The Kier molecular flexibility index (Phi) is 4.42. The lowest BCUT2D eigenvalue weighted by molar-refractivity contribution is 0.0179. The molecule has 124 valence electrons. The van der Waals surface area contributed by atoms with E-state index in [1.165, 1.54) is 22.3 Å². The Morgan fingerprint density at radius 2 is 2.09 bits per heavy atom. The molecule has 0 unspecified atom stereocenters. The third kappa shape index (κ3) is 3.74. The number of piperazine rings is 1. The zero-order chi connectivity index (χ0) is 16.4. The molecule has 1 N–H and O–H groups in total. The number of hydrogen-bond donors (Lipinski definition) is 1. The first-order chi connectivity index (χ1) is 10.9. The Bertz CT molecular complexity index is 655. The van der Waals surface area contributed by atoms with Crippen molar-refractivity contribution in [2.24, 2.45) is 0 Å². The second kappa shape index (κ2) is 6.34. The minimum atomic E-state index is -0.715. The molecular formula is C14H20N6O2S. The molecule has 2 aromatic heterocycles. The van der Waals surface area contributed by atoms with E-state index in [9.17, 15) is 9.90 Å². The fourth-order valence-electron chi connectivity index (χ4n) is 2.71. The van der Waals surface area contributed by atoms with Gasteiger partial charge in [0.2, 0.25) is 0 Å². The summed E-state index contributed by atoms with van der Waals surface area (Å²) in [4.78, 5) is 17.4. The third-order valence-electron chi connectivity index (χ3n) is 3.70. The second-order valence-corrected chi connectivity index (χ2v) is 7.19. The van der Waals surface area contributed by atoms with Crippen LogP contribution in [0.4, 0.5) is 0 Å². The van der Waals surface area contributed by atoms with Crippen molar-refractivity contribution in [3.63, 3.8) is 0 Å². The molecule has 2 aromatic rings. The van der Waals surface area contributed by atoms with Crippen LogP contribution in [0.15, 0.2) is 17.8 Å². The first-order valence-electron chi connectivity index (χ1n) is 7.49. The van der Waals surface area contributed by atoms with Gasteiger partial charge in [-0.25, -0.2) is 0 Å². The molecule has 0 aromatic carbocycles. The normalized spacial score (nSPS) is 16.7. The molecular weight excluding hydrogens is 316 g/mol. The molecule has 0 bridgehead atoms. The first-order valence-corrected chi connectivity index (χ1v) is 8.37. The SMILES string of the molecule is CC(C)(O)CN1CCN(C(=O)c2sccc2-n2cnnn2)CC1. The fraction of sp³-hybridized carbons (Fsp3) is 0.571. The molecule has 0 aliphatic carbocycles. The zero-order valence-corrected chi connectivity index (χ0v) is 14.0. The number of tetrazole rings is 1. The second-order valence-electron chi connectivity index (χ2n) is 6.27. The number of rotatable bonds is 4. The van der Waals surface area contributed by atoms with Gasteiger partial charge in [0.1, 0.15) is 11.2 Å². The number of thiophene rings is 1. The summed E-state index contributed by atoms with van der Waals surface area (Å²) in [6.07, 6.45) is 1.49. The van der Waals surface area contributed by atoms with Crippen LogP contribution in [-0.2, 0) is 0 Å². The molecule has 1 aliphatic heterocycles. The number of hydrogen-bond acceptors (Lipinski definition) is 7. The number of aliphatic hydroxyl groups is 1. The standard InChI is InChI=1S/C14H20N6O2S/c1-14(2,22)9-18-4-6-19(7-5-18)13(21)12-11(3-8-23-12)20-10-15-16-17-20/h3,8,10,22H,4-7,9H2,1-2H3. The van der Waals surface area contributed by atoms with Crippen LogP contribution in [0.5, 0.6) is 0 Å². The van der Waals surface area contributed by atoms with Gasteiger partial charge in [0.25, 0.3) is 5.91 Å². The van der Waals surface area contributed by atoms with E-state index < -0.39 is 5.60 Å². The van der Waals surface area contributed by atoms with Crippen LogP contribution in [0, 0.1) is 0 Å². The number of carbonyl (C=O) groups excluding carboxylic acids is 1. The molecule has 3 rings (SSSR count). The van der Waals surface area contributed by atoms with Crippen molar-refractivity contribution in [2.45, 2.75) is 19.4 Å². The largest absolute Gasteiger partial charge is 0.389 e. The third-order valence-corrected chi connectivity index (χ3v) is 4.60. The van der Waals surface area contributed by atoms with Gasteiger partial charge in [-0.1, -0.05) is 0 Å². The average molecular weight is 336 g/mol. The number of nitrogens with zero attached hydrogens (tertiary/aromatic N) is 6. The summed E-state index contributed by atoms with van der Waals surface area (Å²) in [5.41, 5.74) is -0.00312. The molecule has 1 amide bonds. The van der Waals surface area contributed by atoms with Crippen LogP contribution in [-0.4, -0.2) is 79.3 Å². The van der Waals surface area contributed by atoms with Crippen molar-refractivity contribution < 1.29 is 9.90 Å². The maximum absolute atomic E-state index is 12.8. The van der Waals surface area contributed by atoms with E-state index >= 15 is 0 Å². The van der Waals surface area contributed by atoms with E-state index in [-0.39, 0.29) is 5.91 Å². The lowest BCUT2D eigenvalue weighted by Crippen LogP contribution is -2.51. The highest BCUT2D eigenvalue weighted by Crippen LogP contribution is 2.22. The van der Waals surface area contributed by atoms with Gasteiger partial charge in [0.15, 0.2) is 0 Å². The number of carbonyl (C=O) groups is 1. The summed E-state index contributed by atoms with van der Waals surface area (Å²) < 4.78 is 1.51. The predicted octanol–water partition coefficient (Wildman–Crippen LogP) is 0.252. The van der Waals surface area contributed by atoms with Gasteiger partial charge in [-0.15, -0.1) is 16.4 Å². The van der Waals surface area contributed by atoms with Crippen molar-refractivity contribution in [3.05, 3.63) is 22.7 Å². The van der Waals surface area contributed by atoms with Crippen LogP contribution in [0.2, 0.25) is 0 Å². The summed E-state index contributed by atoms with van der Waals surface area (Å²) in [5.74, 6) is 0.00779. The van der Waals surface area contributed by atoms with Crippen molar-refractivity contribution >= 4 is 17.2 Å². The molecule has 1 aliphatic rings. The Balaban J connectivity index is 1.66. The maximum atomic E-state index is 12.8. The molecule has 8 nitrogen and oxygen atoms in total. The molecule has 0 radical (unpaired) electrons. The van der Waals surface area contributed by atoms with E-state index in [1.54, 1.807) is 13.8 Å². The first kappa shape index (κ1) is 16.0. The molecule has 0 spiro atoms. The molecule has 1 saturated heterocycles. The van der Waals surface area contributed by atoms with Gasteiger partial charge >= 0.3 is 0 Å². The summed E-state index contributed by atoms with van der Waals surface area (Å²) in [6, 6.07) is 1.85. The maximum Gasteiger partial charge on any atom is 0.266 e.